The van der Waals surface area contributed by atoms with Crippen LogP contribution >= 0.6 is 0 Å². The van der Waals surface area contributed by atoms with Crippen LogP contribution in [0.15, 0.2) is 36.8 Å². The van der Waals surface area contributed by atoms with Crippen molar-refractivity contribution in [2.75, 3.05) is 11.9 Å². The zero-order valence-corrected chi connectivity index (χ0v) is 14.1. The summed E-state index contributed by atoms with van der Waals surface area (Å²) in [6.45, 7) is 5.22. The Morgan fingerprint density at radius 2 is 2.04 bits per heavy atom. The van der Waals surface area contributed by atoms with Gasteiger partial charge in [0.05, 0.1) is 11.9 Å². The van der Waals surface area contributed by atoms with Gasteiger partial charge >= 0.3 is 0 Å². The number of aromatic nitrogens is 4. The zero-order chi connectivity index (χ0) is 16.5. The van der Waals surface area contributed by atoms with Crippen LogP contribution in [0, 0.1) is 13.8 Å². The third kappa shape index (κ3) is 2.56. The molecular formula is C19H21N5. The van der Waals surface area contributed by atoms with Crippen LogP contribution in [0.2, 0.25) is 0 Å². The second kappa shape index (κ2) is 6.07. The molecule has 0 amide bonds. The normalized spacial score (nSPS) is 13.9. The van der Waals surface area contributed by atoms with Crippen LogP contribution in [0.3, 0.4) is 0 Å². The van der Waals surface area contributed by atoms with E-state index < -0.39 is 0 Å². The summed E-state index contributed by atoms with van der Waals surface area (Å²) in [7, 11) is 0. The second-order valence-corrected chi connectivity index (χ2v) is 6.35. The monoisotopic (exact) mass is 319 g/mol. The fraction of sp³-hybridized carbons (Fsp3) is 0.316. The number of hydrogen-bond donors (Lipinski definition) is 1. The first-order valence-electron chi connectivity index (χ1n) is 8.44. The van der Waals surface area contributed by atoms with E-state index >= 15 is 0 Å². The summed E-state index contributed by atoms with van der Waals surface area (Å²) in [5.74, 6) is 1.10. The molecule has 0 bridgehead atoms. The Bertz CT molecular complexity index is 867. The molecule has 24 heavy (non-hydrogen) atoms. The lowest BCUT2D eigenvalue weighted by Gasteiger charge is -2.12. The molecular weight excluding hydrogens is 298 g/mol. The standard InChI is InChI=1S/C19H21N5/c1-13-6-7-14(2)17(11-13)24-19-15(5-3-4-8-22-19)18(23-24)16-12-20-9-10-21-16/h6-7,9-12,22H,3-5,8H2,1-2H3. The predicted molar refractivity (Wildman–Crippen MR) is 95.5 cm³/mol. The van der Waals surface area contributed by atoms with Crippen LogP contribution in [0.25, 0.3) is 17.1 Å². The molecule has 5 nitrogen and oxygen atoms in total. The van der Waals surface area contributed by atoms with Crippen molar-refractivity contribution in [3.05, 3.63) is 53.5 Å². The van der Waals surface area contributed by atoms with Gasteiger partial charge in [0.25, 0.3) is 0 Å². The van der Waals surface area contributed by atoms with Crippen LogP contribution in [-0.2, 0) is 6.42 Å². The van der Waals surface area contributed by atoms with Crippen LogP contribution in [-0.4, -0.2) is 26.3 Å². The summed E-state index contributed by atoms with van der Waals surface area (Å²) >= 11 is 0. The Morgan fingerprint density at radius 1 is 1.12 bits per heavy atom. The largest absolute Gasteiger partial charge is 0.370 e. The fourth-order valence-electron chi connectivity index (χ4n) is 3.25. The molecule has 2 aromatic heterocycles. The molecule has 5 heteroatoms. The van der Waals surface area contributed by atoms with Crippen LogP contribution in [0.4, 0.5) is 5.82 Å². The van der Waals surface area contributed by atoms with Gasteiger partial charge in [-0.2, -0.15) is 5.10 Å². The highest BCUT2D eigenvalue weighted by Crippen LogP contribution is 2.33. The SMILES string of the molecule is Cc1ccc(C)c(-n2nc(-c3cnccn3)c3c2NCCCC3)c1. The number of aryl methyl sites for hydroxylation is 2. The number of fused-ring (bicyclic) bond motifs is 1. The maximum Gasteiger partial charge on any atom is 0.133 e. The molecule has 0 aliphatic carbocycles. The van der Waals surface area contributed by atoms with Crippen LogP contribution in [0.1, 0.15) is 29.5 Å². The summed E-state index contributed by atoms with van der Waals surface area (Å²) < 4.78 is 2.05. The van der Waals surface area contributed by atoms with E-state index in [0.717, 1.165) is 42.3 Å². The van der Waals surface area contributed by atoms with E-state index in [4.69, 9.17) is 5.10 Å². The van der Waals surface area contributed by atoms with E-state index in [1.807, 2.05) is 4.68 Å². The highest BCUT2D eigenvalue weighted by Gasteiger charge is 2.23. The number of anilines is 1. The quantitative estimate of drug-likeness (QED) is 0.782. The van der Waals surface area contributed by atoms with Crippen molar-refractivity contribution in [2.45, 2.75) is 33.1 Å². The number of nitrogens with one attached hydrogen (secondary N) is 1. The Balaban J connectivity index is 1.95. The van der Waals surface area contributed by atoms with Crippen molar-refractivity contribution in [2.24, 2.45) is 0 Å². The second-order valence-electron chi connectivity index (χ2n) is 6.35. The number of hydrogen-bond acceptors (Lipinski definition) is 4. The van der Waals surface area contributed by atoms with E-state index in [1.54, 1.807) is 18.6 Å². The lowest BCUT2D eigenvalue weighted by Crippen LogP contribution is -2.08. The molecule has 1 aromatic carbocycles. The van der Waals surface area contributed by atoms with Gasteiger partial charge < -0.3 is 5.32 Å². The van der Waals surface area contributed by atoms with Gasteiger partial charge in [-0.15, -0.1) is 0 Å². The smallest absolute Gasteiger partial charge is 0.133 e. The molecule has 0 fully saturated rings. The topological polar surface area (TPSA) is 55.6 Å². The van der Waals surface area contributed by atoms with E-state index in [0.29, 0.717) is 0 Å². The summed E-state index contributed by atoms with van der Waals surface area (Å²) in [6.07, 6.45) is 8.55. The maximum atomic E-state index is 4.93. The lowest BCUT2D eigenvalue weighted by molar-refractivity contribution is 0.779. The van der Waals surface area contributed by atoms with Gasteiger partial charge in [0.1, 0.15) is 17.2 Å². The summed E-state index contributed by atoms with van der Waals surface area (Å²) in [4.78, 5) is 8.68. The molecule has 0 radical (unpaired) electrons. The number of rotatable bonds is 2. The number of benzene rings is 1. The van der Waals surface area contributed by atoms with Gasteiger partial charge in [0.15, 0.2) is 0 Å². The highest BCUT2D eigenvalue weighted by molar-refractivity contribution is 5.69. The van der Waals surface area contributed by atoms with Gasteiger partial charge in [-0.1, -0.05) is 12.1 Å². The molecule has 0 saturated heterocycles. The molecule has 1 aliphatic heterocycles. The minimum atomic E-state index is 0.835. The average Bonchev–Trinajstić information content (AvgIpc) is 2.79. The van der Waals surface area contributed by atoms with Crippen LogP contribution in [0.5, 0.6) is 0 Å². The highest BCUT2D eigenvalue weighted by atomic mass is 15.3. The summed E-state index contributed by atoms with van der Waals surface area (Å²) in [5.41, 5.74) is 6.58. The van der Waals surface area contributed by atoms with Crippen molar-refractivity contribution in [3.63, 3.8) is 0 Å². The molecule has 3 heterocycles. The number of nitrogens with zero attached hydrogens (tertiary/aromatic N) is 4. The molecule has 0 spiro atoms. The minimum absolute atomic E-state index is 0.835. The Kier molecular flexibility index (Phi) is 3.76. The van der Waals surface area contributed by atoms with Gasteiger partial charge in [0, 0.05) is 24.5 Å². The Labute approximate surface area is 141 Å². The lowest BCUT2D eigenvalue weighted by atomic mass is 10.1. The van der Waals surface area contributed by atoms with Gasteiger partial charge in [-0.3, -0.25) is 9.97 Å². The molecule has 0 atom stereocenters. The van der Waals surface area contributed by atoms with E-state index in [2.05, 4.69) is 47.3 Å². The van der Waals surface area contributed by atoms with Crippen molar-refractivity contribution < 1.29 is 0 Å². The predicted octanol–water partition coefficient (Wildman–Crippen LogP) is 3.69. The van der Waals surface area contributed by atoms with Crippen molar-refractivity contribution in [3.8, 4) is 17.1 Å². The summed E-state index contributed by atoms with van der Waals surface area (Å²) in [5, 5.41) is 8.51. The van der Waals surface area contributed by atoms with Crippen molar-refractivity contribution >= 4 is 5.82 Å². The van der Waals surface area contributed by atoms with Gasteiger partial charge in [-0.05, 0) is 50.3 Å². The van der Waals surface area contributed by atoms with Gasteiger partial charge in [0.2, 0.25) is 0 Å². The first-order valence-corrected chi connectivity index (χ1v) is 8.44. The van der Waals surface area contributed by atoms with Gasteiger partial charge in [-0.25, -0.2) is 4.68 Å². The van der Waals surface area contributed by atoms with Crippen LogP contribution < -0.4 is 5.32 Å². The third-order valence-corrected chi connectivity index (χ3v) is 4.53. The molecule has 0 saturated carbocycles. The van der Waals surface area contributed by atoms with Crippen molar-refractivity contribution in [1.29, 1.82) is 0 Å². The van der Waals surface area contributed by atoms with E-state index in [-0.39, 0.29) is 0 Å². The first-order chi connectivity index (χ1) is 11.7. The summed E-state index contributed by atoms with van der Waals surface area (Å²) in [6, 6.07) is 6.48. The molecule has 122 valence electrons. The van der Waals surface area contributed by atoms with E-state index in [9.17, 15) is 0 Å². The molecule has 1 aliphatic rings. The molecule has 0 unspecified atom stereocenters. The first kappa shape index (κ1) is 14.9. The zero-order valence-electron chi connectivity index (χ0n) is 14.1. The average molecular weight is 319 g/mol. The molecule has 4 rings (SSSR count). The molecule has 1 N–H and O–H groups in total. The fourth-order valence-corrected chi connectivity index (χ4v) is 3.25. The maximum absolute atomic E-state index is 4.93. The minimum Gasteiger partial charge on any atom is -0.370 e. The molecule has 3 aromatic rings. The third-order valence-electron chi connectivity index (χ3n) is 4.53. The Hall–Kier alpha value is -2.69. The Morgan fingerprint density at radius 3 is 2.88 bits per heavy atom. The van der Waals surface area contributed by atoms with E-state index in [1.165, 1.54) is 23.1 Å². The van der Waals surface area contributed by atoms with Crippen molar-refractivity contribution in [1.82, 2.24) is 19.7 Å².